The molecule has 2 aromatic heterocycles. The molecule has 7 heteroatoms. The summed E-state index contributed by atoms with van der Waals surface area (Å²) in [5, 5.41) is 3.58. The van der Waals surface area contributed by atoms with Crippen LogP contribution < -0.4 is 5.32 Å². The number of hydrogen-bond acceptors (Lipinski definition) is 4. The first kappa shape index (κ1) is 20.0. The SMILES string of the molecule is CC1CCN(C(=NCC2CCCCO2)NCCc2ccco2)CC1n1ccnc1. The summed E-state index contributed by atoms with van der Waals surface area (Å²) >= 11 is 0. The van der Waals surface area contributed by atoms with E-state index in [0.717, 1.165) is 63.8 Å². The van der Waals surface area contributed by atoms with Crippen LogP contribution in [-0.2, 0) is 11.2 Å². The molecule has 0 radical (unpaired) electrons. The Morgan fingerprint density at radius 3 is 3.07 bits per heavy atom. The fourth-order valence-electron chi connectivity index (χ4n) is 4.25. The lowest BCUT2D eigenvalue weighted by atomic mass is 9.93. The van der Waals surface area contributed by atoms with E-state index >= 15 is 0 Å². The number of hydrogen-bond donors (Lipinski definition) is 1. The predicted molar refractivity (Wildman–Crippen MR) is 113 cm³/mol. The number of aliphatic imine (C=N–C) groups is 1. The van der Waals surface area contributed by atoms with Crippen LogP contribution >= 0.6 is 0 Å². The highest BCUT2D eigenvalue weighted by Crippen LogP contribution is 2.27. The molecule has 2 aromatic rings. The highest BCUT2D eigenvalue weighted by molar-refractivity contribution is 5.80. The first-order valence-corrected chi connectivity index (χ1v) is 10.9. The number of aromatic nitrogens is 2. The topological polar surface area (TPSA) is 67.8 Å². The summed E-state index contributed by atoms with van der Waals surface area (Å²) in [5.41, 5.74) is 0. The molecule has 2 fully saturated rings. The van der Waals surface area contributed by atoms with Gasteiger partial charge in [0.1, 0.15) is 5.76 Å². The van der Waals surface area contributed by atoms with Crippen molar-refractivity contribution >= 4 is 5.96 Å². The molecule has 3 unspecified atom stereocenters. The highest BCUT2D eigenvalue weighted by Gasteiger charge is 2.29. The molecule has 2 aliphatic rings. The van der Waals surface area contributed by atoms with Crippen LogP contribution in [0.4, 0.5) is 0 Å². The molecule has 0 amide bonds. The van der Waals surface area contributed by atoms with Crippen molar-refractivity contribution in [1.82, 2.24) is 19.8 Å². The van der Waals surface area contributed by atoms with Crippen LogP contribution in [0.5, 0.6) is 0 Å². The molecule has 0 aliphatic carbocycles. The lowest BCUT2D eigenvalue weighted by Gasteiger charge is -2.39. The van der Waals surface area contributed by atoms with Crippen LogP contribution in [0.1, 0.15) is 44.4 Å². The first-order chi connectivity index (χ1) is 14.3. The van der Waals surface area contributed by atoms with Crippen LogP contribution in [0.25, 0.3) is 0 Å². The molecular weight excluding hydrogens is 366 g/mol. The quantitative estimate of drug-likeness (QED) is 0.597. The summed E-state index contributed by atoms with van der Waals surface area (Å²) in [5.74, 6) is 2.60. The van der Waals surface area contributed by atoms with E-state index in [1.54, 1.807) is 6.26 Å². The molecule has 2 aliphatic heterocycles. The maximum absolute atomic E-state index is 5.90. The van der Waals surface area contributed by atoms with Crippen molar-refractivity contribution in [2.45, 2.75) is 51.2 Å². The zero-order chi connectivity index (χ0) is 19.9. The number of nitrogens with one attached hydrogen (secondary N) is 1. The molecule has 0 bridgehead atoms. The van der Waals surface area contributed by atoms with Gasteiger partial charge in [0, 0.05) is 45.1 Å². The van der Waals surface area contributed by atoms with Crippen molar-refractivity contribution in [2.75, 3.05) is 32.8 Å². The van der Waals surface area contributed by atoms with Gasteiger partial charge in [0.25, 0.3) is 0 Å². The van der Waals surface area contributed by atoms with Gasteiger partial charge in [-0.25, -0.2) is 4.98 Å². The summed E-state index contributed by atoms with van der Waals surface area (Å²) < 4.78 is 13.6. The van der Waals surface area contributed by atoms with Gasteiger partial charge in [-0.05, 0) is 43.7 Å². The number of guanidine groups is 1. The molecule has 0 saturated carbocycles. The second-order valence-electron chi connectivity index (χ2n) is 8.20. The lowest BCUT2D eigenvalue weighted by Crippen LogP contribution is -2.49. The van der Waals surface area contributed by atoms with Crippen molar-refractivity contribution in [3.8, 4) is 0 Å². The van der Waals surface area contributed by atoms with Gasteiger partial charge in [-0.1, -0.05) is 6.92 Å². The minimum atomic E-state index is 0.249. The second-order valence-corrected chi connectivity index (χ2v) is 8.20. The molecule has 29 heavy (non-hydrogen) atoms. The van der Waals surface area contributed by atoms with Crippen molar-refractivity contribution < 1.29 is 9.15 Å². The van der Waals surface area contributed by atoms with Gasteiger partial charge in [0.2, 0.25) is 0 Å². The number of furan rings is 1. The summed E-state index contributed by atoms with van der Waals surface area (Å²) in [6.45, 7) is 6.69. The number of piperidine rings is 1. The smallest absolute Gasteiger partial charge is 0.194 e. The number of likely N-dealkylation sites (tertiary alicyclic amines) is 1. The van der Waals surface area contributed by atoms with Crippen LogP contribution in [0.3, 0.4) is 0 Å². The molecule has 7 nitrogen and oxygen atoms in total. The monoisotopic (exact) mass is 399 g/mol. The van der Waals surface area contributed by atoms with Crippen LogP contribution in [0.2, 0.25) is 0 Å². The number of nitrogens with zero attached hydrogens (tertiary/aromatic N) is 4. The molecule has 2 saturated heterocycles. The third kappa shape index (κ3) is 5.41. The van der Waals surface area contributed by atoms with Crippen molar-refractivity contribution in [2.24, 2.45) is 10.9 Å². The molecular formula is C22H33N5O2. The maximum atomic E-state index is 5.90. The first-order valence-electron chi connectivity index (χ1n) is 10.9. The second kappa shape index (κ2) is 9.96. The largest absolute Gasteiger partial charge is 0.469 e. The number of imidazole rings is 1. The van der Waals surface area contributed by atoms with Crippen molar-refractivity contribution in [3.05, 3.63) is 42.9 Å². The molecule has 0 spiro atoms. The van der Waals surface area contributed by atoms with Gasteiger partial charge in [-0.15, -0.1) is 0 Å². The summed E-state index contributed by atoms with van der Waals surface area (Å²) in [6.07, 6.45) is 13.4. The Kier molecular flexibility index (Phi) is 6.87. The van der Waals surface area contributed by atoms with E-state index < -0.39 is 0 Å². The van der Waals surface area contributed by atoms with Crippen molar-refractivity contribution in [1.29, 1.82) is 0 Å². The Morgan fingerprint density at radius 2 is 2.31 bits per heavy atom. The van der Waals surface area contributed by atoms with E-state index in [9.17, 15) is 0 Å². The number of rotatable bonds is 6. The maximum Gasteiger partial charge on any atom is 0.194 e. The van der Waals surface area contributed by atoms with Gasteiger partial charge in [0.05, 0.1) is 31.3 Å². The molecule has 1 N–H and O–H groups in total. The fourth-order valence-corrected chi connectivity index (χ4v) is 4.25. The molecule has 3 atom stereocenters. The van der Waals surface area contributed by atoms with Gasteiger partial charge in [-0.3, -0.25) is 4.99 Å². The Morgan fingerprint density at radius 1 is 1.34 bits per heavy atom. The van der Waals surface area contributed by atoms with Gasteiger partial charge >= 0.3 is 0 Å². The van der Waals surface area contributed by atoms with E-state index in [1.165, 1.54) is 12.8 Å². The summed E-state index contributed by atoms with van der Waals surface area (Å²) in [4.78, 5) is 11.6. The third-order valence-corrected chi connectivity index (χ3v) is 6.08. The van der Waals surface area contributed by atoms with E-state index in [0.29, 0.717) is 12.0 Å². The Hall–Kier alpha value is -2.28. The normalized spacial score (nSPS) is 25.9. The summed E-state index contributed by atoms with van der Waals surface area (Å²) in [7, 11) is 0. The molecule has 4 rings (SSSR count). The molecule has 0 aromatic carbocycles. The average molecular weight is 400 g/mol. The Bertz CT molecular complexity index is 737. The van der Waals surface area contributed by atoms with E-state index in [1.807, 2.05) is 24.7 Å². The Balaban J connectivity index is 1.42. The van der Waals surface area contributed by atoms with E-state index in [2.05, 4.69) is 32.9 Å². The predicted octanol–water partition coefficient (Wildman–Crippen LogP) is 3.12. The van der Waals surface area contributed by atoms with Gasteiger partial charge < -0.3 is 23.9 Å². The zero-order valence-corrected chi connectivity index (χ0v) is 17.4. The van der Waals surface area contributed by atoms with Gasteiger partial charge in [0.15, 0.2) is 5.96 Å². The van der Waals surface area contributed by atoms with Crippen LogP contribution in [0.15, 0.2) is 46.5 Å². The highest BCUT2D eigenvalue weighted by atomic mass is 16.5. The third-order valence-electron chi connectivity index (χ3n) is 6.08. The molecule has 158 valence electrons. The summed E-state index contributed by atoms with van der Waals surface area (Å²) in [6, 6.07) is 4.37. The minimum Gasteiger partial charge on any atom is -0.469 e. The van der Waals surface area contributed by atoms with Crippen LogP contribution in [-0.4, -0.2) is 59.3 Å². The van der Waals surface area contributed by atoms with E-state index in [-0.39, 0.29) is 6.10 Å². The van der Waals surface area contributed by atoms with Crippen molar-refractivity contribution in [3.63, 3.8) is 0 Å². The van der Waals surface area contributed by atoms with Gasteiger partial charge in [-0.2, -0.15) is 0 Å². The fraction of sp³-hybridized carbons (Fsp3) is 0.636. The average Bonchev–Trinajstić information content (AvgIpc) is 3.46. The Labute approximate surface area is 173 Å². The minimum absolute atomic E-state index is 0.249. The standard InChI is InChI=1S/C22H33N5O2/c1-18-8-11-26(16-21(18)27-12-10-23-17-27)22(24-9-7-19-6-4-14-28-19)25-15-20-5-2-3-13-29-20/h4,6,10,12,14,17-18,20-21H,2-3,5,7-9,11,13,15-16H2,1H3,(H,24,25). The molecule has 4 heterocycles. The van der Waals surface area contributed by atoms with Crippen LogP contribution in [0, 0.1) is 5.92 Å². The van der Waals surface area contributed by atoms with E-state index in [4.69, 9.17) is 14.1 Å². The number of ether oxygens (including phenoxy) is 1. The zero-order valence-electron chi connectivity index (χ0n) is 17.4. The lowest BCUT2D eigenvalue weighted by molar-refractivity contribution is 0.0222.